The molecule has 0 aliphatic carbocycles. The van der Waals surface area contributed by atoms with Crippen LogP contribution in [0.25, 0.3) is 10.9 Å². The summed E-state index contributed by atoms with van der Waals surface area (Å²) in [7, 11) is 0. The summed E-state index contributed by atoms with van der Waals surface area (Å²) in [6.07, 6.45) is 2.08. The van der Waals surface area contributed by atoms with Crippen LogP contribution in [0.1, 0.15) is 12.5 Å². The van der Waals surface area contributed by atoms with Crippen molar-refractivity contribution >= 4 is 16.6 Å². The van der Waals surface area contributed by atoms with Gasteiger partial charge in [0.05, 0.1) is 5.52 Å². The molecule has 0 radical (unpaired) electrons. The maximum absolute atomic E-state index is 5.93. The number of benzene rings is 1. The fourth-order valence-corrected chi connectivity index (χ4v) is 1.89. The summed E-state index contributed by atoms with van der Waals surface area (Å²) in [5, 5.41) is 1.11. The minimum absolute atomic E-state index is 0.539. The first kappa shape index (κ1) is 9.09. The molecule has 3 heteroatoms. The number of hydrogen-bond acceptors (Lipinski definition) is 2. The van der Waals surface area contributed by atoms with Gasteiger partial charge in [-0.25, -0.2) is 0 Å². The fraction of sp³-hybridized carbons (Fsp3) is 0.273. The second-order valence-corrected chi connectivity index (χ2v) is 3.39. The molecule has 0 saturated carbocycles. The van der Waals surface area contributed by atoms with E-state index in [4.69, 9.17) is 11.5 Å². The topological polar surface area (TPSA) is 57.0 Å². The summed E-state index contributed by atoms with van der Waals surface area (Å²) in [5.74, 6) is 0. The van der Waals surface area contributed by atoms with Gasteiger partial charge >= 0.3 is 0 Å². The van der Waals surface area contributed by atoms with E-state index in [1.165, 1.54) is 5.52 Å². The SMILES string of the molecule is CCn1cc(CN)c2c(N)cccc21. The molecule has 0 aliphatic heterocycles. The number of nitrogens with zero attached hydrogens (tertiary/aromatic N) is 1. The lowest BCUT2D eigenvalue weighted by molar-refractivity contribution is 0.792. The van der Waals surface area contributed by atoms with E-state index in [1.54, 1.807) is 0 Å². The summed E-state index contributed by atoms with van der Waals surface area (Å²) < 4.78 is 2.17. The van der Waals surface area contributed by atoms with Gasteiger partial charge in [0.15, 0.2) is 0 Å². The van der Waals surface area contributed by atoms with E-state index in [-0.39, 0.29) is 0 Å². The predicted octanol–water partition coefficient (Wildman–Crippen LogP) is 1.70. The number of fused-ring (bicyclic) bond motifs is 1. The van der Waals surface area contributed by atoms with E-state index in [1.807, 2.05) is 12.1 Å². The van der Waals surface area contributed by atoms with Crippen molar-refractivity contribution in [3.63, 3.8) is 0 Å². The zero-order chi connectivity index (χ0) is 10.1. The maximum Gasteiger partial charge on any atom is 0.0504 e. The van der Waals surface area contributed by atoms with Gasteiger partial charge < -0.3 is 16.0 Å². The Bertz CT molecular complexity index is 457. The maximum atomic E-state index is 5.93. The molecule has 2 aromatic rings. The van der Waals surface area contributed by atoms with Crippen molar-refractivity contribution in [2.45, 2.75) is 20.0 Å². The summed E-state index contributed by atoms with van der Waals surface area (Å²) in [6.45, 7) is 3.60. The normalized spacial score (nSPS) is 11.0. The molecule has 0 bridgehead atoms. The molecule has 1 heterocycles. The molecule has 0 unspecified atom stereocenters. The molecule has 0 fully saturated rings. The second kappa shape index (κ2) is 3.35. The number of rotatable bonds is 2. The lowest BCUT2D eigenvalue weighted by Crippen LogP contribution is -1.96. The molecule has 0 aliphatic rings. The summed E-state index contributed by atoms with van der Waals surface area (Å²) >= 11 is 0. The highest BCUT2D eigenvalue weighted by atomic mass is 15.0. The first-order chi connectivity index (χ1) is 6.77. The van der Waals surface area contributed by atoms with Gasteiger partial charge in [-0.05, 0) is 24.6 Å². The Morgan fingerprint density at radius 2 is 2.14 bits per heavy atom. The number of nitrogen functional groups attached to an aromatic ring is 1. The van der Waals surface area contributed by atoms with Gasteiger partial charge in [-0.3, -0.25) is 0 Å². The molecule has 74 valence electrons. The number of aromatic nitrogens is 1. The van der Waals surface area contributed by atoms with Crippen LogP contribution in [0.15, 0.2) is 24.4 Å². The van der Waals surface area contributed by atoms with Crippen LogP contribution in [0.2, 0.25) is 0 Å². The van der Waals surface area contributed by atoms with E-state index in [2.05, 4.69) is 23.8 Å². The number of hydrogen-bond donors (Lipinski definition) is 2. The monoisotopic (exact) mass is 189 g/mol. The quantitative estimate of drug-likeness (QED) is 0.706. The van der Waals surface area contributed by atoms with Crippen molar-refractivity contribution in [1.29, 1.82) is 0 Å². The number of nitrogens with two attached hydrogens (primary N) is 2. The molecule has 1 aromatic heterocycles. The van der Waals surface area contributed by atoms with E-state index < -0.39 is 0 Å². The van der Waals surface area contributed by atoms with E-state index >= 15 is 0 Å². The third kappa shape index (κ3) is 1.17. The van der Waals surface area contributed by atoms with Gasteiger partial charge in [0.2, 0.25) is 0 Å². The first-order valence-corrected chi connectivity index (χ1v) is 4.84. The molecule has 0 spiro atoms. The first-order valence-electron chi connectivity index (χ1n) is 4.84. The highest BCUT2D eigenvalue weighted by Crippen LogP contribution is 2.26. The fourth-order valence-electron chi connectivity index (χ4n) is 1.89. The second-order valence-electron chi connectivity index (χ2n) is 3.39. The van der Waals surface area contributed by atoms with Crippen molar-refractivity contribution in [1.82, 2.24) is 4.57 Å². The van der Waals surface area contributed by atoms with Gasteiger partial charge in [-0.15, -0.1) is 0 Å². The molecule has 1 aromatic carbocycles. The van der Waals surface area contributed by atoms with Crippen LogP contribution >= 0.6 is 0 Å². The molecule has 4 N–H and O–H groups in total. The smallest absolute Gasteiger partial charge is 0.0504 e. The van der Waals surface area contributed by atoms with Crippen molar-refractivity contribution in [3.8, 4) is 0 Å². The van der Waals surface area contributed by atoms with Crippen LogP contribution in [0, 0.1) is 0 Å². The number of anilines is 1. The molecule has 0 atom stereocenters. The van der Waals surface area contributed by atoms with E-state index in [0.29, 0.717) is 6.54 Å². The van der Waals surface area contributed by atoms with Crippen molar-refractivity contribution < 1.29 is 0 Å². The van der Waals surface area contributed by atoms with Gasteiger partial charge in [0.1, 0.15) is 0 Å². The third-order valence-corrected chi connectivity index (χ3v) is 2.58. The molecular formula is C11H15N3. The Morgan fingerprint density at radius 1 is 1.36 bits per heavy atom. The van der Waals surface area contributed by atoms with Gasteiger partial charge in [-0.2, -0.15) is 0 Å². The standard InChI is InChI=1S/C11H15N3/c1-2-14-7-8(6-12)11-9(13)4-3-5-10(11)14/h3-5,7H,2,6,12-13H2,1H3. The van der Waals surface area contributed by atoms with E-state index in [9.17, 15) is 0 Å². The average Bonchev–Trinajstić information content (AvgIpc) is 2.57. The summed E-state index contributed by atoms with van der Waals surface area (Å²) in [6, 6.07) is 5.97. The minimum Gasteiger partial charge on any atom is -0.398 e. The molecule has 3 nitrogen and oxygen atoms in total. The van der Waals surface area contributed by atoms with Crippen LogP contribution in [0.3, 0.4) is 0 Å². The summed E-state index contributed by atoms with van der Waals surface area (Å²) in [5.41, 5.74) is 14.7. The lowest BCUT2D eigenvalue weighted by Gasteiger charge is -2.01. The minimum atomic E-state index is 0.539. The van der Waals surface area contributed by atoms with Crippen molar-refractivity contribution in [3.05, 3.63) is 30.0 Å². The lowest BCUT2D eigenvalue weighted by atomic mass is 10.1. The van der Waals surface area contributed by atoms with Gasteiger partial charge in [-0.1, -0.05) is 6.07 Å². The Morgan fingerprint density at radius 3 is 2.79 bits per heavy atom. The molecule has 0 amide bonds. The van der Waals surface area contributed by atoms with Crippen LogP contribution in [-0.4, -0.2) is 4.57 Å². The Balaban J connectivity index is 2.82. The largest absolute Gasteiger partial charge is 0.398 e. The Hall–Kier alpha value is -1.48. The average molecular weight is 189 g/mol. The van der Waals surface area contributed by atoms with Crippen molar-refractivity contribution in [2.24, 2.45) is 5.73 Å². The van der Waals surface area contributed by atoms with Crippen LogP contribution < -0.4 is 11.5 Å². The summed E-state index contributed by atoms with van der Waals surface area (Å²) in [4.78, 5) is 0. The van der Waals surface area contributed by atoms with Gasteiger partial charge in [0.25, 0.3) is 0 Å². The van der Waals surface area contributed by atoms with Crippen molar-refractivity contribution in [2.75, 3.05) is 5.73 Å². The molecule has 0 saturated heterocycles. The molecular weight excluding hydrogens is 174 g/mol. The van der Waals surface area contributed by atoms with E-state index in [0.717, 1.165) is 23.2 Å². The van der Waals surface area contributed by atoms with Crippen LogP contribution in [0.5, 0.6) is 0 Å². The Labute approximate surface area is 83.3 Å². The highest BCUT2D eigenvalue weighted by molar-refractivity contribution is 5.94. The van der Waals surface area contributed by atoms with Crippen LogP contribution in [-0.2, 0) is 13.1 Å². The zero-order valence-corrected chi connectivity index (χ0v) is 8.33. The number of aryl methyl sites for hydroxylation is 1. The van der Waals surface area contributed by atoms with Gasteiger partial charge in [0, 0.05) is 30.4 Å². The third-order valence-electron chi connectivity index (χ3n) is 2.58. The molecule has 14 heavy (non-hydrogen) atoms. The molecule has 2 rings (SSSR count). The zero-order valence-electron chi connectivity index (χ0n) is 8.33. The Kier molecular flexibility index (Phi) is 2.17. The predicted molar refractivity (Wildman–Crippen MR) is 59.9 cm³/mol. The van der Waals surface area contributed by atoms with Crippen LogP contribution in [0.4, 0.5) is 5.69 Å². The highest BCUT2D eigenvalue weighted by Gasteiger charge is 2.08.